The molecule has 1 saturated heterocycles. The minimum absolute atomic E-state index is 0.0562. The molecule has 0 radical (unpaired) electrons. The molecule has 3 nitrogen and oxygen atoms in total. The number of hydrogen-bond donors (Lipinski definition) is 2. The molecule has 3 heteroatoms. The molecule has 0 aromatic heterocycles. The van der Waals surface area contributed by atoms with E-state index >= 15 is 0 Å². The summed E-state index contributed by atoms with van der Waals surface area (Å²) in [6.45, 7) is 12.6. The minimum Gasteiger partial charge on any atom is -0.394 e. The van der Waals surface area contributed by atoms with E-state index in [4.69, 9.17) is 0 Å². The second-order valence-electron chi connectivity index (χ2n) is 6.45. The van der Waals surface area contributed by atoms with Gasteiger partial charge in [0.25, 0.3) is 0 Å². The Balaban J connectivity index is 2.38. The van der Waals surface area contributed by atoms with E-state index in [9.17, 15) is 5.11 Å². The van der Waals surface area contributed by atoms with Gasteiger partial charge in [0.05, 0.1) is 6.61 Å². The van der Waals surface area contributed by atoms with Gasteiger partial charge in [0.1, 0.15) is 0 Å². The van der Waals surface area contributed by atoms with Crippen molar-refractivity contribution >= 4 is 0 Å². The lowest BCUT2D eigenvalue weighted by molar-refractivity contribution is 0.106. The number of likely N-dealkylation sites (tertiary alicyclic amines) is 1. The summed E-state index contributed by atoms with van der Waals surface area (Å²) in [6.07, 6.45) is 5.98. The number of aliphatic hydroxyl groups excluding tert-OH is 1. The van der Waals surface area contributed by atoms with Crippen LogP contribution >= 0.6 is 0 Å². The van der Waals surface area contributed by atoms with Gasteiger partial charge in [-0.15, -0.1) is 0 Å². The summed E-state index contributed by atoms with van der Waals surface area (Å²) in [5, 5.41) is 13.1. The zero-order chi connectivity index (χ0) is 14.3. The van der Waals surface area contributed by atoms with Crippen molar-refractivity contribution in [2.24, 2.45) is 5.92 Å². The molecule has 0 aliphatic carbocycles. The van der Waals surface area contributed by atoms with Gasteiger partial charge in [0.2, 0.25) is 0 Å². The van der Waals surface area contributed by atoms with Crippen molar-refractivity contribution in [3.05, 3.63) is 0 Å². The fourth-order valence-electron chi connectivity index (χ4n) is 3.32. The van der Waals surface area contributed by atoms with E-state index in [1.165, 1.54) is 32.4 Å². The summed E-state index contributed by atoms with van der Waals surface area (Å²) in [7, 11) is 0. The molecular weight excluding hydrogens is 236 g/mol. The Morgan fingerprint density at radius 2 is 2.00 bits per heavy atom. The van der Waals surface area contributed by atoms with Crippen LogP contribution in [0.5, 0.6) is 0 Å². The summed E-state index contributed by atoms with van der Waals surface area (Å²) in [6, 6.07) is 0.737. The SMILES string of the molecule is CCNC(CC)(CO)CCCN1CC(C)CCC1C. The van der Waals surface area contributed by atoms with E-state index in [2.05, 4.69) is 37.9 Å². The van der Waals surface area contributed by atoms with Crippen LogP contribution in [0.25, 0.3) is 0 Å². The second kappa shape index (κ2) is 8.23. The van der Waals surface area contributed by atoms with Crippen LogP contribution in [0.1, 0.15) is 59.8 Å². The van der Waals surface area contributed by atoms with Gasteiger partial charge < -0.3 is 15.3 Å². The Labute approximate surface area is 119 Å². The predicted molar refractivity (Wildman–Crippen MR) is 82.5 cm³/mol. The highest BCUT2D eigenvalue weighted by atomic mass is 16.3. The quantitative estimate of drug-likeness (QED) is 0.712. The number of nitrogens with one attached hydrogen (secondary N) is 1. The Kier molecular flexibility index (Phi) is 7.33. The number of rotatable bonds is 8. The molecule has 1 rings (SSSR count). The molecule has 1 heterocycles. The van der Waals surface area contributed by atoms with Crippen LogP contribution in [-0.2, 0) is 0 Å². The molecule has 2 N–H and O–H groups in total. The molecule has 1 aliphatic heterocycles. The van der Waals surface area contributed by atoms with Crippen molar-refractivity contribution in [1.82, 2.24) is 10.2 Å². The van der Waals surface area contributed by atoms with E-state index in [-0.39, 0.29) is 12.1 Å². The van der Waals surface area contributed by atoms with Gasteiger partial charge in [-0.3, -0.25) is 0 Å². The van der Waals surface area contributed by atoms with Gasteiger partial charge in [-0.2, -0.15) is 0 Å². The lowest BCUT2D eigenvalue weighted by Crippen LogP contribution is -2.49. The first-order valence-electron chi connectivity index (χ1n) is 8.16. The van der Waals surface area contributed by atoms with Crippen LogP contribution in [-0.4, -0.2) is 47.8 Å². The first kappa shape index (κ1) is 16.9. The van der Waals surface area contributed by atoms with Gasteiger partial charge in [-0.05, 0) is 58.0 Å². The molecule has 0 aromatic carbocycles. The average molecular weight is 270 g/mol. The molecule has 0 aromatic rings. The Bertz CT molecular complexity index is 241. The number of aliphatic hydroxyl groups is 1. The molecular formula is C16H34N2O. The van der Waals surface area contributed by atoms with Crippen molar-refractivity contribution in [3.63, 3.8) is 0 Å². The Hall–Kier alpha value is -0.120. The molecule has 19 heavy (non-hydrogen) atoms. The molecule has 0 amide bonds. The van der Waals surface area contributed by atoms with E-state index in [1.807, 2.05) is 0 Å². The maximum absolute atomic E-state index is 9.66. The van der Waals surface area contributed by atoms with Crippen LogP contribution in [0.15, 0.2) is 0 Å². The van der Waals surface area contributed by atoms with Gasteiger partial charge in [0.15, 0.2) is 0 Å². The first-order valence-corrected chi connectivity index (χ1v) is 8.16. The van der Waals surface area contributed by atoms with Crippen LogP contribution < -0.4 is 5.32 Å². The maximum atomic E-state index is 9.66. The summed E-state index contributed by atoms with van der Waals surface area (Å²) >= 11 is 0. The fourth-order valence-corrected chi connectivity index (χ4v) is 3.32. The molecule has 1 aliphatic rings. The first-order chi connectivity index (χ1) is 9.06. The average Bonchev–Trinajstić information content (AvgIpc) is 2.41. The summed E-state index contributed by atoms with van der Waals surface area (Å²) in [4.78, 5) is 2.64. The summed E-state index contributed by atoms with van der Waals surface area (Å²) in [5.41, 5.74) is -0.0562. The molecule has 114 valence electrons. The minimum atomic E-state index is -0.0562. The third-order valence-corrected chi connectivity index (χ3v) is 4.88. The highest BCUT2D eigenvalue weighted by molar-refractivity contribution is 4.86. The normalized spacial score (nSPS) is 28.3. The van der Waals surface area contributed by atoms with Crippen LogP contribution in [0.2, 0.25) is 0 Å². The lowest BCUT2D eigenvalue weighted by Gasteiger charge is -2.38. The number of piperidine rings is 1. The maximum Gasteiger partial charge on any atom is 0.0613 e. The summed E-state index contributed by atoms with van der Waals surface area (Å²) in [5.74, 6) is 0.846. The van der Waals surface area contributed by atoms with Crippen LogP contribution in [0, 0.1) is 5.92 Å². The predicted octanol–water partition coefficient (Wildman–Crippen LogP) is 2.64. The monoisotopic (exact) mass is 270 g/mol. The third-order valence-electron chi connectivity index (χ3n) is 4.88. The number of hydrogen-bond acceptors (Lipinski definition) is 3. The molecule has 0 bridgehead atoms. The fraction of sp³-hybridized carbons (Fsp3) is 1.00. The van der Waals surface area contributed by atoms with Gasteiger partial charge >= 0.3 is 0 Å². The molecule has 0 saturated carbocycles. The molecule has 1 fully saturated rings. The van der Waals surface area contributed by atoms with Crippen molar-refractivity contribution in [1.29, 1.82) is 0 Å². The largest absolute Gasteiger partial charge is 0.394 e. The van der Waals surface area contributed by atoms with Crippen LogP contribution in [0.3, 0.4) is 0 Å². The number of likely N-dealkylation sites (N-methyl/N-ethyl adjacent to an activating group) is 1. The van der Waals surface area contributed by atoms with Crippen LogP contribution in [0.4, 0.5) is 0 Å². The van der Waals surface area contributed by atoms with Gasteiger partial charge in [0, 0.05) is 18.1 Å². The number of nitrogens with zero attached hydrogens (tertiary/aromatic N) is 1. The highest BCUT2D eigenvalue weighted by Gasteiger charge is 2.27. The van der Waals surface area contributed by atoms with E-state index < -0.39 is 0 Å². The zero-order valence-corrected chi connectivity index (χ0v) is 13.4. The summed E-state index contributed by atoms with van der Waals surface area (Å²) < 4.78 is 0. The second-order valence-corrected chi connectivity index (χ2v) is 6.45. The van der Waals surface area contributed by atoms with Crippen molar-refractivity contribution in [2.75, 3.05) is 26.2 Å². The van der Waals surface area contributed by atoms with Gasteiger partial charge in [-0.1, -0.05) is 20.8 Å². The van der Waals surface area contributed by atoms with E-state index in [0.29, 0.717) is 0 Å². The molecule has 3 atom stereocenters. The highest BCUT2D eigenvalue weighted by Crippen LogP contribution is 2.23. The Morgan fingerprint density at radius 3 is 2.58 bits per heavy atom. The van der Waals surface area contributed by atoms with Gasteiger partial charge in [-0.25, -0.2) is 0 Å². The Morgan fingerprint density at radius 1 is 1.26 bits per heavy atom. The third kappa shape index (κ3) is 5.05. The molecule has 0 spiro atoms. The van der Waals surface area contributed by atoms with Crippen molar-refractivity contribution in [2.45, 2.75) is 71.4 Å². The molecule has 3 unspecified atom stereocenters. The van der Waals surface area contributed by atoms with Crippen molar-refractivity contribution < 1.29 is 5.11 Å². The van der Waals surface area contributed by atoms with E-state index in [1.54, 1.807) is 0 Å². The standard InChI is InChI=1S/C16H34N2O/c1-5-16(13-19,17-6-2)10-7-11-18-12-14(3)8-9-15(18)4/h14-15,17,19H,5-13H2,1-4H3. The van der Waals surface area contributed by atoms with E-state index in [0.717, 1.165) is 31.3 Å². The van der Waals surface area contributed by atoms with Crippen molar-refractivity contribution in [3.8, 4) is 0 Å². The zero-order valence-electron chi connectivity index (χ0n) is 13.4. The smallest absolute Gasteiger partial charge is 0.0613 e. The lowest BCUT2D eigenvalue weighted by atomic mass is 9.90. The topological polar surface area (TPSA) is 35.5 Å².